The largest absolute Gasteiger partial charge is 0.369 e. The lowest BCUT2D eigenvalue weighted by atomic mass is 9.86. The highest BCUT2D eigenvalue weighted by Gasteiger charge is 2.76. The second-order valence-electron chi connectivity index (χ2n) is 4.59. The molecule has 11 heavy (non-hydrogen) atoms. The van der Waals surface area contributed by atoms with E-state index < -0.39 is 0 Å². The summed E-state index contributed by atoms with van der Waals surface area (Å²) < 4.78 is 11.3. The van der Waals surface area contributed by atoms with Gasteiger partial charge in [0.2, 0.25) is 0 Å². The highest BCUT2D eigenvalue weighted by Crippen LogP contribution is 2.67. The smallest absolute Gasteiger partial charge is 0.100 e. The molecule has 2 aliphatic carbocycles. The van der Waals surface area contributed by atoms with Crippen molar-refractivity contribution in [3.8, 4) is 0 Å². The van der Waals surface area contributed by atoms with Crippen molar-refractivity contribution in [3.05, 3.63) is 0 Å². The van der Waals surface area contributed by atoms with E-state index in [0.29, 0.717) is 23.9 Å². The minimum atomic E-state index is 0.308. The summed E-state index contributed by atoms with van der Waals surface area (Å²) in [5.41, 5.74) is 0.308. The predicted octanol–water partition coefficient (Wildman–Crippen LogP) is 0.951. The Hall–Kier alpha value is -0.0800. The molecule has 0 N–H and O–H groups in total. The monoisotopic (exact) mass is 152 g/mol. The standard InChI is InChI=1S/C9H12O2/c1-4-9(11-4)3-5-2-6(9)8-7(5)10-8/h4-8H,2-3H2,1H3. The molecule has 1 spiro atoms. The molecule has 6 unspecified atom stereocenters. The Bertz CT molecular complexity index is 240. The molecule has 0 aromatic heterocycles. The van der Waals surface area contributed by atoms with Crippen LogP contribution in [0.25, 0.3) is 0 Å². The molecule has 2 saturated heterocycles. The number of epoxide rings is 2. The van der Waals surface area contributed by atoms with Crippen LogP contribution in [-0.2, 0) is 9.47 Å². The van der Waals surface area contributed by atoms with Gasteiger partial charge in [-0.3, -0.25) is 0 Å². The van der Waals surface area contributed by atoms with Crippen molar-refractivity contribution in [2.24, 2.45) is 11.8 Å². The van der Waals surface area contributed by atoms with Gasteiger partial charge in [-0.2, -0.15) is 0 Å². The predicted molar refractivity (Wildman–Crippen MR) is 38.2 cm³/mol. The second kappa shape index (κ2) is 1.27. The van der Waals surface area contributed by atoms with Crippen LogP contribution in [0.3, 0.4) is 0 Å². The molecule has 0 radical (unpaired) electrons. The lowest BCUT2D eigenvalue weighted by Crippen LogP contribution is -2.27. The van der Waals surface area contributed by atoms with Crippen LogP contribution >= 0.6 is 0 Å². The zero-order chi connectivity index (χ0) is 7.22. The average molecular weight is 152 g/mol. The van der Waals surface area contributed by atoms with Gasteiger partial charge >= 0.3 is 0 Å². The molecular formula is C9H12O2. The SMILES string of the molecule is CC1OC12CC1CC2C2OC12. The molecule has 2 saturated carbocycles. The maximum absolute atomic E-state index is 5.72. The van der Waals surface area contributed by atoms with Crippen molar-refractivity contribution in [1.82, 2.24) is 0 Å². The number of ether oxygens (including phenoxy) is 2. The second-order valence-corrected chi connectivity index (χ2v) is 4.59. The van der Waals surface area contributed by atoms with E-state index in [1.165, 1.54) is 12.8 Å². The molecule has 2 bridgehead atoms. The Kier molecular flexibility index (Phi) is 0.641. The Labute approximate surface area is 65.9 Å². The van der Waals surface area contributed by atoms with Crippen LogP contribution in [0.5, 0.6) is 0 Å². The van der Waals surface area contributed by atoms with Gasteiger partial charge in [-0.1, -0.05) is 0 Å². The quantitative estimate of drug-likeness (QED) is 0.483. The molecule has 4 aliphatic rings. The zero-order valence-corrected chi connectivity index (χ0v) is 6.62. The Morgan fingerprint density at radius 3 is 2.73 bits per heavy atom. The van der Waals surface area contributed by atoms with Gasteiger partial charge in [0.15, 0.2) is 0 Å². The molecule has 2 aliphatic heterocycles. The van der Waals surface area contributed by atoms with E-state index in [2.05, 4.69) is 6.92 Å². The Balaban J connectivity index is 1.78. The molecule has 2 heterocycles. The number of rotatable bonds is 0. The zero-order valence-electron chi connectivity index (χ0n) is 6.62. The normalized spacial score (nSPS) is 75.5. The summed E-state index contributed by atoms with van der Waals surface area (Å²) in [6.45, 7) is 2.21. The molecule has 2 heteroatoms. The summed E-state index contributed by atoms with van der Waals surface area (Å²) in [5.74, 6) is 1.63. The summed E-state index contributed by atoms with van der Waals surface area (Å²) >= 11 is 0. The molecule has 6 atom stereocenters. The fraction of sp³-hybridized carbons (Fsp3) is 1.00. The van der Waals surface area contributed by atoms with E-state index in [4.69, 9.17) is 9.47 Å². The highest BCUT2D eigenvalue weighted by molar-refractivity contribution is 5.23. The van der Waals surface area contributed by atoms with Crippen molar-refractivity contribution in [1.29, 1.82) is 0 Å². The molecule has 0 amide bonds. The summed E-state index contributed by atoms with van der Waals surface area (Å²) in [4.78, 5) is 0. The summed E-state index contributed by atoms with van der Waals surface area (Å²) in [6, 6.07) is 0. The summed E-state index contributed by atoms with van der Waals surface area (Å²) in [6.07, 6.45) is 4.48. The van der Waals surface area contributed by atoms with Crippen LogP contribution in [-0.4, -0.2) is 23.9 Å². The van der Waals surface area contributed by atoms with Crippen LogP contribution in [0.4, 0.5) is 0 Å². The van der Waals surface area contributed by atoms with E-state index in [1.807, 2.05) is 0 Å². The van der Waals surface area contributed by atoms with Crippen molar-refractivity contribution >= 4 is 0 Å². The fourth-order valence-corrected chi connectivity index (χ4v) is 3.57. The van der Waals surface area contributed by atoms with Gasteiger partial charge < -0.3 is 9.47 Å². The molecule has 2 nitrogen and oxygen atoms in total. The first-order valence-electron chi connectivity index (χ1n) is 4.64. The van der Waals surface area contributed by atoms with Crippen molar-refractivity contribution in [2.45, 2.75) is 43.7 Å². The minimum Gasteiger partial charge on any atom is -0.369 e. The van der Waals surface area contributed by atoms with Crippen molar-refractivity contribution in [2.75, 3.05) is 0 Å². The minimum absolute atomic E-state index is 0.308. The van der Waals surface area contributed by atoms with Gasteiger partial charge in [0, 0.05) is 5.92 Å². The van der Waals surface area contributed by atoms with Crippen LogP contribution in [0.1, 0.15) is 19.8 Å². The molecular weight excluding hydrogens is 140 g/mol. The van der Waals surface area contributed by atoms with Crippen molar-refractivity contribution < 1.29 is 9.47 Å². The number of hydrogen-bond acceptors (Lipinski definition) is 2. The third kappa shape index (κ3) is 0.433. The van der Waals surface area contributed by atoms with Crippen molar-refractivity contribution in [3.63, 3.8) is 0 Å². The first-order valence-corrected chi connectivity index (χ1v) is 4.64. The van der Waals surface area contributed by atoms with E-state index in [0.717, 1.165) is 11.8 Å². The Morgan fingerprint density at radius 1 is 1.36 bits per heavy atom. The van der Waals surface area contributed by atoms with Gasteiger partial charge in [-0.15, -0.1) is 0 Å². The molecule has 0 aromatic carbocycles. The van der Waals surface area contributed by atoms with Gasteiger partial charge in [0.25, 0.3) is 0 Å². The topological polar surface area (TPSA) is 25.1 Å². The van der Waals surface area contributed by atoms with Crippen LogP contribution in [0.15, 0.2) is 0 Å². The van der Waals surface area contributed by atoms with E-state index in [1.54, 1.807) is 0 Å². The molecule has 0 aromatic rings. The number of hydrogen-bond donors (Lipinski definition) is 0. The van der Waals surface area contributed by atoms with Gasteiger partial charge in [0.1, 0.15) is 5.60 Å². The maximum atomic E-state index is 5.72. The summed E-state index contributed by atoms with van der Waals surface area (Å²) in [5, 5.41) is 0. The van der Waals surface area contributed by atoms with Crippen LogP contribution in [0.2, 0.25) is 0 Å². The third-order valence-corrected chi connectivity index (χ3v) is 4.22. The Morgan fingerprint density at radius 2 is 2.18 bits per heavy atom. The summed E-state index contributed by atoms with van der Waals surface area (Å²) in [7, 11) is 0. The fourth-order valence-electron chi connectivity index (χ4n) is 3.57. The van der Waals surface area contributed by atoms with Gasteiger partial charge in [-0.25, -0.2) is 0 Å². The molecule has 60 valence electrons. The molecule has 4 fully saturated rings. The third-order valence-electron chi connectivity index (χ3n) is 4.22. The van der Waals surface area contributed by atoms with Gasteiger partial charge in [0.05, 0.1) is 18.3 Å². The van der Waals surface area contributed by atoms with Gasteiger partial charge in [-0.05, 0) is 25.7 Å². The van der Waals surface area contributed by atoms with E-state index >= 15 is 0 Å². The van der Waals surface area contributed by atoms with Crippen LogP contribution < -0.4 is 0 Å². The maximum Gasteiger partial charge on any atom is 0.100 e. The lowest BCUT2D eigenvalue weighted by Gasteiger charge is -2.13. The average Bonchev–Trinajstić information content (AvgIpc) is 2.80. The first kappa shape index (κ1) is 5.55. The number of fused-ring (bicyclic) bond motifs is 6. The van der Waals surface area contributed by atoms with E-state index in [9.17, 15) is 0 Å². The highest BCUT2D eigenvalue weighted by atomic mass is 16.6. The molecule has 4 rings (SSSR count). The first-order chi connectivity index (χ1) is 5.31. The van der Waals surface area contributed by atoms with E-state index in [-0.39, 0.29) is 0 Å². The van der Waals surface area contributed by atoms with Crippen LogP contribution in [0, 0.1) is 11.8 Å². The lowest BCUT2D eigenvalue weighted by molar-refractivity contribution is 0.205.